The van der Waals surface area contributed by atoms with Gasteiger partial charge >= 0.3 is 6.18 Å². The van der Waals surface area contributed by atoms with Crippen LogP contribution in [-0.4, -0.2) is 37.6 Å². The minimum Gasteiger partial charge on any atom is -0.492 e. The minimum absolute atomic E-state index is 0. The van der Waals surface area contributed by atoms with Gasteiger partial charge in [-0.15, -0.1) is 12.4 Å². The number of carbonyl (C=O) groups excluding carboxylic acids is 1. The van der Waals surface area contributed by atoms with E-state index in [9.17, 15) is 26.7 Å². The van der Waals surface area contributed by atoms with E-state index < -0.39 is 42.6 Å². The molecule has 1 aliphatic rings. The first-order valence-electron chi connectivity index (χ1n) is 6.86. The van der Waals surface area contributed by atoms with Gasteiger partial charge in [-0.05, 0) is 24.3 Å². The van der Waals surface area contributed by atoms with Gasteiger partial charge in [-0.25, -0.2) is 8.78 Å². The number of amides is 1. The van der Waals surface area contributed by atoms with Crippen LogP contribution < -0.4 is 15.4 Å². The lowest BCUT2D eigenvalue weighted by atomic mass is 10.2. The average Bonchev–Trinajstić information content (AvgIpc) is 2.83. The monoisotopic (exact) mass is 374 g/mol. The fourth-order valence-corrected chi connectivity index (χ4v) is 2.11. The highest BCUT2D eigenvalue weighted by Crippen LogP contribution is 2.30. The molecule has 1 aromatic carbocycles. The van der Waals surface area contributed by atoms with Gasteiger partial charge in [0.2, 0.25) is 5.91 Å². The number of benzene rings is 1. The molecule has 1 aliphatic heterocycles. The van der Waals surface area contributed by atoms with Crippen molar-refractivity contribution in [1.82, 2.24) is 10.6 Å². The molecule has 1 heterocycles. The molecular weight excluding hydrogens is 359 g/mol. The molecule has 0 aromatic heterocycles. The van der Waals surface area contributed by atoms with E-state index in [0.717, 1.165) is 12.1 Å². The number of halogens is 6. The number of alkyl halides is 5. The van der Waals surface area contributed by atoms with E-state index in [1.54, 1.807) is 0 Å². The number of nitrogens with one attached hydrogen (secondary N) is 2. The maximum absolute atomic E-state index is 12.9. The zero-order chi connectivity index (χ0) is 17.1. The molecule has 1 atom stereocenters. The van der Waals surface area contributed by atoms with Crippen LogP contribution >= 0.6 is 12.4 Å². The van der Waals surface area contributed by atoms with E-state index in [1.165, 1.54) is 12.1 Å². The van der Waals surface area contributed by atoms with Crippen LogP contribution in [0, 0.1) is 0 Å². The van der Waals surface area contributed by atoms with Crippen LogP contribution in [0.5, 0.6) is 5.75 Å². The first kappa shape index (κ1) is 20.4. The molecule has 1 amide bonds. The lowest BCUT2D eigenvalue weighted by Gasteiger charge is -2.12. The Morgan fingerprint density at radius 2 is 1.92 bits per heavy atom. The summed E-state index contributed by atoms with van der Waals surface area (Å²) in [6, 6.07) is 3.17. The normalized spacial score (nSPS) is 19.5. The van der Waals surface area contributed by atoms with Crippen LogP contribution in [0.4, 0.5) is 22.0 Å². The molecule has 4 nitrogen and oxygen atoms in total. The molecule has 1 aromatic rings. The van der Waals surface area contributed by atoms with Crippen molar-refractivity contribution in [3.63, 3.8) is 0 Å². The first-order chi connectivity index (χ1) is 10.7. The van der Waals surface area contributed by atoms with E-state index in [-0.39, 0.29) is 31.3 Å². The van der Waals surface area contributed by atoms with Gasteiger partial charge in [-0.3, -0.25) is 10.1 Å². The maximum Gasteiger partial charge on any atom is 0.416 e. The van der Waals surface area contributed by atoms with Gasteiger partial charge in [-0.1, -0.05) is 0 Å². The summed E-state index contributed by atoms with van der Waals surface area (Å²) in [6.07, 6.45) is -4.97. The molecular formula is C14H16ClF5N2O2. The summed E-state index contributed by atoms with van der Waals surface area (Å²) in [5, 5.41) is 4.84. The Morgan fingerprint density at radius 1 is 1.29 bits per heavy atom. The number of hydrogen-bond donors (Lipinski definition) is 2. The van der Waals surface area contributed by atoms with Crippen LogP contribution in [0.15, 0.2) is 24.3 Å². The van der Waals surface area contributed by atoms with Gasteiger partial charge in [0.05, 0.1) is 24.7 Å². The van der Waals surface area contributed by atoms with Crippen molar-refractivity contribution in [2.45, 2.75) is 24.6 Å². The summed E-state index contributed by atoms with van der Waals surface area (Å²) < 4.78 is 68.2. The number of rotatable bonds is 5. The van der Waals surface area contributed by atoms with Gasteiger partial charge in [-0.2, -0.15) is 13.2 Å². The van der Waals surface area contributed by atoms with Crippen LogP contribution in [0.1, 0.15) is 12.0 Å². The van der Waals surface area contributed by atoms with Crippen LogP contribution in [0.3, 0.4) is 0 Å². The second kappa shape index (κ2) is 7.98. The summed E-state index contributed by atoms with van der Waals surface area (Å²) in [5.74, 6) is -3.23. The molecule has 0 aliphatic carbocycles. The molecule has 136 valence electrons. The van der Waals surface area contributed by atoms with Crippen molar-refractivity contribution in [3.8, 4) is 5.75 Å². The van der Waals surface area contributed by atoms with Gasteiger partial charge in [0.1, 0.15) is 12.4 Å². The minimum atomic E-state index is -4.41. The molecule has 1 unspecified atom stereocenters. The summed E-state index contributed by atoms with van der Waals surface area (Å²) in [6.45, 7) is -0.461. The predicted octanol–water partition coefficient (Wildman–Crippen LogP) is 2.62. The lowest BCUT2D eigenvalue weighted by molar-refractivity contribution is -0.137. The largest absolute Gasteiger partial charge is 0.492 e. The molecule has 0 saturated carbocycles. The smallest absolute Gasteiger partial charge is 0.416 e. The van der Waals surface area contributed by atoms with Gasteiger partial charge in [0.15, 0.2) is 0 Å². The Balaban J connectivity index is 0.00000288. The van der Waals surface area contributed by atoms with E-state index in [0.29, 0.717) is 0 Å². The predicted molar refractivity (Wildman–Crippen MR) is 78.6 cm³/mol. The highest BCUT2D eigenvalue weighted by molar-refractivity contribution is 5.85. The zero-order valence-electron chi connectivity index (χ0n) is 12.3. The molecule has 10 heteroatoms. The van der Waals surface area contributed by atoms with Crippen molar-refractivity contribution >= 4 is 18.3 Å². The SMILES string of the molecule is Cl.O=C(NCCOc1ccc(C(F)(F)F)cc1)C1CC(F)(F)CN1. The molecule has 1 saturated heterocycles. The second-order valence-electron chi connectivity index (χ2n) is 5.16. The van der Waals surface area contributed by atoms with Crippen LogP contribution in [0.25, 0.3) is 0 Å². The summed E-state index contributed by atoms with van der Waals surface area (Å²) in [4.78, 5) is 11.6. The van der Waals surface area contributed by atoms with E-state index in [4.69, 9.17) is 4.74 Å². The highest BCUT2D eigenvalue weighted by atomic mass is 35.5. The van der Waals surface area contributed by atoms with Gasteiger partial charge in [0, 0.05) is 6.42 Å². The van der Waals surface area contributed by atoms with Crippen molar-refractivity contribution in [1.29, 1.82) is 0 Å². The average molecular weight is 375 g/mol. The van der Waals surface area contributed by atoms with Crippen molar-refractivity contribution in [2.24, 2.45) is 0 Å². The topological polar surface area (TPSA) is 50.4 Å². The molecule has 24 heavy (non-hydrogen) atoms. The fourth-order valence-electron chi connectivity index (χ4n) is 2.11. The first-order valence-corrected chi connectivity index (χ1v) is 6.86. The Labute approximate surface area is 141 Å². The number of carbonyl (C=O) groups is 1. The fraction of sp³-hybridized carbons (Fsp3) is 0.500. The third kappa shape index (κ3) is 5.79. The molecule has 0 spiro atoms. The molecule has 0 bridgehead atoms. The van der Waals surface area contributed by atoms with Crippen molar-refractivity contribution < 1.29 is 31.5 Å². The standard InChI is InChI=1S/C14H15F5N2O2.ClH/c15-13(16)7-11(21-8-13)12(22)20-5-6-23-10-3-1-9(2-4-10)14(17,18)19;/h1-4,11,21H,5-8H2,(H,20,22);1H. The quantitative estimate of drug-likeness (QED) is 0.615. The Bertz CT molecular complexity index is 551. The second-order valence-corrected chi connectivity index (χ2v) is 5.16. The van der Waals surface area contributed by atoms with E-state index >= 15 is 0 Å². The third-order valence-electron chi connectivity index (χ3n) is 3.28. The molecule has 1 fully saturated rings. The molecule has 2 rings (SSSR count). The Morgan fingerprint density at radius 3 is 2.42 bits per heavy atom. The van der Waals surface area contributed by atoms with E-state index in [1.807, 2.05) is 0 Å². The highest BCUT2D eigenvalue weighted by Gasteiger charge is 2.42. The van der Waals surface area contributed by atoms with Crippen LogP contribution in [0.2, 0.25) is 0 Å². The zero-order valence-corrected chi connectivity index (χ0v) is 13.1. The van der Waals surface area contributed by atoms with Crippen LogP contribution in [-0.2, 0) is 11.0 Å². The Kier molecular flexibility index (Phi) is 6.79. The Hall–Kier alpha value is -1.61. The number of ether oxygens (including phenoxy) is 1. The van der Waals surface area contributed by atoms with E-state index in [2.05, 4.69) is 10.6 Å². The lowest BCUT2D eigenvalue weighted by Crippen LogP contribution is -2.41. The van der Waals surface area contributed by atoms with Gasteiger partial charge in [0.25, 0.3) is 5.92 Å². The third-order valence-corrected chi connectivity index (χ3v) is 3.28. The van der Waals surface area contributed by atoms with Crippen molar-refractivity contribution in [3.05, 3.63) is 29.8 Å². The molecule has 2 N–H and O–H groups in total. The summed E-state index contributed by atoms with van der Waals surface area (Å²) in [7, 11) is 0. The van der Waals surface area contributed by atoms with Crippen molar-refractivity contribution in [2.75, 3.05) is 19.7 Å². The summed E-state index contributed by atoms with van der Waals surface area (Å²) >= 11 is 0. The molecule has 0 radical (unpaired) electrons. The number of hydrogen-bond acceptors (Lipinski definition) is 3. The van der Waals surface area contributed by atoms with Gasteiger partial charge < -0.3 is 10.1 Å². The summed E-state index contributed by atoms with van der Waals surface area (Å²) in [5.41, 5.74) is -0.786. The maximum atomic E-state index is 12.9.